The van der Waals surface area contributed by atoms with E-state index >= 15 is 0 Å². The third kappa shape index (κ3) is 5.60. The molecule has 1 aliphatic rings. The Balaban J connectivity index is 1.63. The van der Waals surface area contributed by atoms with E-state index in [-0.39, 0.29) is 11.9 Å². The molecule has 0 bridgehead atoms. The molecule has 1 heterocycles. The van der Waals surface area contributed by atoms with Crippen molar-refractivity contribution in [1.29, 1.82) is 0 Å². The highest BCUT2D eigenvalue weighted by molar-refractivity contribution is 7.97. The average molecular weight is 566 g/mol. The third-order valence-corrected chi connectivity index (χ3v) is 9.87. The third-order valence-electron chi connectivity index (χ3n) is 6.62. The number of ether oxygens (including phenoxy) is 3. The molecule has 1 saturated heterocycles. The van der Waals surface area contributed by atoms with Gasteiger partial charge in [-0.15, -0.1) is 0 Å². The maximum Gasteiger partial charge on any atom is 0.405 e. The highest BCUT2D eigenvalue weighted by atomic mass is 32.2. The lowest BCUT2D eigenvalue weighted by Gasteiger charge is -2.26. The van der Waals surface area contributed by atoms with Crippen molar-refractivity contribution in [2.75, 3.05) is 0 Å². The zero-order chi connectivity index (χ0) is 27.9. The minimum atomic E-state index is -5.61. The van der Waals surface area contributed by atoms with Gasteiger partial charge >= 0.3 is 15.4 Å². The minimum absolute atomic E-state index is 0.0525. The summed E-state index contributed by atoms with van der Waals surface area (Å²) in [5.41, 5.74) is 0.474. The van der Waals surface area contributed by atoms with Gasteiger partial charge in [-0.1, -0.05) is 18.2 Å². The first-order chi connectivity index (χ1) is 17.6. The van der Waals surface area contributed by atoms with Crippen molar-refractivity contribution in [2.45, 2.75) is 78.2 Å². The molecule has 3 aromatic carbocycles. The lowest BCUT2D eigenvalue weighted by atomic mass is 10.0. The first-order valence-electron chi connectivity index (χ1n) is 12.0. The average Bonchev–Trinajstić information content (AvgIpc) is 3.07. The van der Waals surface area contributed by atoms with Gasteiger partial charge in [-0.3, -0.25) is 4.55 Å². The molecule has 1 fully saturated rings. The first-order valence-corrected chi connectivity index (χ1v) is 14.7. The van der Waals surface area contributed by atoms with Gasteiger partial charge in [-0.25, -0.2) is 0 Å². The van der Waals surface area contributed by atoms with Crippen molar-refractivity contribution < 1.29 is 36.0 Å². The molecule has 0 radical (unpaired) electrons. The van der Waals surface area contributed by atoms with Crippen molar-refractivity contribution in [3.63, 3.8) is 0 Å². The summed E-state index contributed by atoms with van der Waals surface area (Å²) >= 11 is 0. The maximum atomic E-state index is 13.9. The van der Waals surface area contributed by atoms with Crippen LogP contribution >= 0.6 is 0 Å². The number of halogens is 2. The fraction of sp³-hybridized carbons (Fsp3) is 0.357. The van der Waals surface area contributed by atoms with Crippen molar-refractivity contribution in [1.82, 2.24) is 0 Å². The zero-order valence-electron chi connectivity index (χ0n) is 21.7. The SMILES string of the molecule is CC1OC(C)(c2ccc([S+](c3ccccc3)c3ccc(OC(C)C(F)(F)S(=O)(=O)O)cc3)cc2)OC1(C)C. The zero-order valence-corrected chi connectivity index (χ0v) is 23.4. The molecule has 204 valence electrons. The van der Waals surface area contributed by atoms with Gasteiger partial charge in [0.15, 0.2) is 26.6 Å². The van der Waals surface area contributed by atoms with E-state index in [0.29, 0.717) is 0 Å². The number of hydrogen-bond donors (Lipinski definition) is 1. The van der Waals surface area contributed by atoms with E-state index in [2.05, 4.69) is 0 Å². The Morgan fingerprint density at radius 2 is 1.42 bits per heavy atom. The predicted octanol–water partition coefficient (Wildman–Crippen LogP) is 6.42. The van der Waals surface area contributed by atoms with E-state index in [1.807, 2.05) is 82.3 Å². The quantitative estimate of drug-likeness (QED) is 0.251. The van der Waals surface area contributed by atoms with Crippen LogP contribution in [0.2, 0.25) is 0 Å². The standard InChI is InChI=1S/C28H30F2O6S2/c1-19-26(3,4)36-27(5,35-19)21-11-15-24(16-12-21)37(23-9-7-6-8-10-23)25-17-13-22(14-18-25)34-20(2)28(29,30)38(31,32)33/h6-20H,1-5H3/p+1. The number of rotatable bonds is 8. The maximum absolute atomic E-state index is 13.9. The lowest BCUT2D eigenvalue weighted by molar-refractivity contribution is -0.179. The van der Waals surface area contributed by atoms with Crippen LogP contribution in [-0.4, -0.2) is 36.0 Å². The van der Waals surface area contributed by atoms with E-state index < -0.39 is 43.8 Å². The molecular formula is C28H31F2O6S2+. The molecule has 10 heteroatoms. The Kier molecular flexibility index (Phi) is 7.68. The molecule has 0 aromatic heterocycles. The summed E-state index contributed by atoms with van der Waals surface area (Å²) in [6, 6.07) is 24.4. The van der Waals surface area contributed by atoms with Crippen molar-refractivity contribution in [3.8, 4) is 5.75 Å². The van der Waals surface area contributed by atoms with Crippen LogP contribution in [-0.2, 0) is 36.3 Å². The molecule has 4 unspecified atom stereocenters. The van der Waals surface area contributed by atoms with E-state index in [4.69, 9.17) is 18.8 Å². The summed E-state index contributed by atoms with van der Waals surface area (Å²) in [5.74, 6) is -0.816. The van der Waals surface area contributed by atoms with E-state index in [1.165, 1.54) is 12.1 Å². The molecule has 4 rings (SSSR count). The molecule has 6 nitrogen and oxygen atoms in total. The van der Waals surface area contributed by atoms with Crippen molar-refractivity contribution in [2.24, 2.45) is 0 Å². The van der Waals surface area contributed by atoms with Gasteiger partial charge in [0.05, 0.1) is 22.6 Å². The highest BCUT2D eigenvalue weighted by Crippen LogP contribution is 2.43. The largest absolute Gasteiger partial charge is 0.483 e. The summed E-state index contributed by atoms with van der Waals surface area (Å²) in [4.78, 5) is 2.98. The normalized spacial score (nSPS) is 23.1. The number of benzene rings is 3. The van der Waals surface area contributed by atoms with Crippen LogP contribution in [0.15, 0.2) is 93.5 Å². The predicted molar refractivity (Wildman–Crippen MR) is 141 cm³/mol. The van der Waals surface area contributed by atoms with Crippen LogP contribution in [0, 0.1) is 0 Å². The van der Waals surface area contributed by atoms with Gasteiger partial charge in [0, 0.05) is 5.56 Å². The lowest BCUT2D eigenvalue weighted by Crippen LogP contribution is -2.42. The van der Waals surface area contributed by atoms with E-state index in [0.717, 1.165) is 27.2 Å². The summed E-state index contributed by atoms with van der Waals surface area (Å²) in [6.45, 7) is 8.79. The molecule has 0 amide bonds. The summed E-state index contributed by atoms with van der Waals surface area (Å²) in [6.07, 6.45) is -2.16. The number of alkyl halides is 2. The Labute approximate surface area is 225 Å². The molecule has 1 N–H and O–H groups in total. The molecule has 0 saturated carbocycles. The second kappa shape index (κ2) is 10.2. The molecule has 38 heavy (non-hydrogen) atoms. The molecular weight excluding hydrogens is 534 g/mol. The van der Waals surface area contributed by atoms with E-state index in [1.54, 1.807) is 12.1 Å². The van der Waals surface area contributed by atoms with Crippen LogP contribution in [0.4, 0.5) is 8.78 Å². The highest BCUT2D eigenvalue weighted by Gasteiger charge is 2.51. The first kappa shape index (κ1) is 28.5. The Morgan fingerprint density at radius 3 is 1.89 bits per heavy atom. The van der Waals surface area contributed by atoms with Crippen molar-refractivity contribution >= 4 is 21.0 Å². The second-order valence-electron chi connectivity index (χ2n) is 9.82. The van der Waals surface area contributed by atoms with Gasteiger partial charge in [0.25, 0.3) is 0 Å². The number of hydrogen-bond acceptors (Lipinski definition) is 5. The van der Waals surface area contributed by atoms with Gasteiger partial charge in [-0.05, 0) is 95.3 Å². The molecule has 1 aliphatic heterocycles. The Hall–Kier alpha value is -2.50. The molecule has 4 atom stereocenters. The Bertz CT molecular complexity index is 1360. The molecule has 3 aromatic rings. The summed E-state index contributed by atoms with van der Waals surface area (Å²) in [5, 5.41) is -4.45. The summed E-state index contributed by atoms with van der Waals surface area (Å²) < 4.78 is 76.3. The van der Waals surface area contributed by atoms with Gasteiger partial charge in [0.1, 0.15) is 5.75 Å². The Morgan fingerprint density at radius 1 is 0.921 bits per heavy atom. The topological polar surface area (TPSA) is 82.1 Å². The molecule has 0 aliphatic carbocycles. The van der Waals surface area contributed by atoms with Crippen LogP contribution in [0.1, 0.15) is 40.2 Å². The smallest absolute Gasteiger partial charge is 0.405 e. The van der Waals surface area contributed by atoms with Gasteiger partial charge in [0.2, 0.25) is 0 Å². The van der Waals surface area contributed by atoms with Gasteiger partial charge < -0.3 is 14.2 Å². The minimum Gasteiger partial charge on any atom is -0.483 e. The van der Waals surface area contributed by atoms with Crippen LogP contribution in [0.25, 0.3) is 0 Å². The van der Waals surface area contributed by atoms with Crippen molar-refractivity contribution in [3.05, 3.63) is 84.4 Å². The second-order valence-corrected chi connectivity index (χ2v) is 13.3. The molecule has 0 spiro atoms. The fourth-order valence-corrected chi connectivity index (χ4v) is 6.74. The monoisotopic (exact) mass is 565 g/mol. The van der Waals surface area contributed by atoms with Crippen LogP contribution in [0.3, 0.4) is 0 Å². The van der Waals surface area contributed by atoms with E-state index in [9.17, 15) is 17.2 Å². The van der Waals surface area contributed by atoms with Gasteiger partial charge in [-0.2, -0.15) is 17.2 Å². The fourth-order valence-electron chi connectivity index (χ4n) is 4.21. The van der Waals surface area contributed by atoms with Crippen LogP contribution in [0.5, 0.6) is 5.75 Å². The van der Waals surface area contributed by atoms with Crippen LogP contribution < -0.4 is 4.74 Å². The summed E-state index contributed by atoms with van der Waals surface area (Å²) in [7, 11) is -6.15.